The third-order valence-electron chi connectivity index (χ3n) is 1.59. The number of hydrogen-bond acceptors (Lipinski definition) is 2. The number of nitrogens with two attached hydrogens (primary N) is 1. The van der Waals surface area contributed by atoms with E-state index in [9.17, 15) is 4.79 Å². The Morgan fingerprint density at radius 1 is 1.78 bits per heavy atom. The second-order valence-corrected chi connectivity index (χ2v) is 2.48. The van der Waals surface area contributed by atoms with Crippen molar-refractivity contribution in [2.24, 2.45) is 11.7 Å². The fourth-order valence-electron chi connectivity index (χ4n) is 0.845. The Hall–Kier alpha value is -0.730. The molecule has 1 aliphatic rings. The average molecular weight is 129 g/mol. The number of rotatable bonds is 2. The summed E-state index contributed by atoms with van der Waals surface area (Å²) in [5.74, 6) is 0.581. The SMILES string of the molecule is C[C@@H](OC(N)=O)C1CC1. The highest BCUT2D eigenvalue weighted by Crippen LogP contribution is 2.33. The Bertz CT molecular complexity index is 120. The third-order valence-corrected chi connectivity index (χ3v) is 1.59. The van der Waals surface area contributed by atoms with Crippen LogP contribution in [0.2, 0.25) is 0 Å². The lowest BCUT2D eigenvalue weighted by Gasteiger charge is -2.07. The number of ether oxygens (including phenoxy) is 1. The van der Waals surface area contributed by atoms with Gasteiger partial charge in [0.05, 0.1) is 0 Å². The van der Waals surface area contributed by atoms with Crippen molar-refractivity contribution < 1.29 is 9.53 Å². The summed E-state index contributed by atoms with van der Waals surface area (Å²) < 4.78 is 4.71. The van der Waals surface area contributed by atoms with Crippen molar-refractivity contribution in [3.05, 3.63) is 0 Å². The van der Waals surface area contributed by atoms with Crippen LogP contribution in [0.5, 0.6) is 0 Å². The maximum Gasteiger partial charge on any atom is 0.404 e. The molecule has 1 rings (SSSR count). The van der Waals surface area contributed by atoms with Crippen LogP contribution < -0.4 is 5.73 Å². The molecule has 1 aliphatic carbocycles. The summed E-state index contributed by atoms with van der Waals surface area (Å²) in [4.78, 5) is 10.1. The number of carbonyl (C=O) groups is 1. The molecule has 3 heteroatoms. The van der Waals surface area contributed by atoms with E-state index in [0.29, 0.717) is 5.92 Å². The fourth-order valence-corrected chi connectivity index (χ4v) is 0.845. The molecule has 0 aromatic rings. The van der Waals surface area contributed by atoms with E-state index in [1.165, 1.54) is 12.8 Å². The van der Waals surface area contributed by atoms with Crippen molar-refractivity contribution in [3.8, 4) is 0 Å². The van der Waals surface area contributed by atoms with Crippen LogP contribution in [0.15, 0.2) is 0 Å². The quantitative estimate of drug-likeness (QED) is 0.601. The van der Waals surface area contributed by atoms with Crippen molar-refractivity contribution in [2.75, 3.05) is 0 Å². The summed E-state index contributed by atoms with van der Waals surface area (Å²) in [6.45, 7) is 1.88. The molecule has 0 bridgehead atoms. The van der Waals surface area contributed by atoms with Gasteiger partial charge in [-0.2, -0.15) is 0 Å². The molecule has 1 amide bonds. The first kappa shape index (κ1) is 6.39. The minimum atomic E-state index is -0.658. The van der Waals surface area contributed by atoms with Gasteiger partial charge in [0.25, 0.3) is 0 Å². The Labute approximate surface area is 54.2 Å². The number of hydrogen-bond donors (Lipinski definition) is 1. The van der Waals surface area contributed by atoms with Crippen LogP contribution in [0.1, 0.15) is 19.8 Å². The molecule has 0 spiro atoms. The van der Waals surface area contributed by atoms with E-state index >= 15 is 0 Å². The first-order valence-corrected chi connectivity index (χ1v) is 3.16. The molecule has 1 fully saturated rings. The molecule has 0 aromatic carbocycles. The van der Waals surface area contributed by atoms with Gasteiger partial charge in [0.15, 0.2) is 0 Å². The predicted molar refractivity (Wildman–Crippen MR) is 32.9 cm³/mol. The largest absolute Gasteiger partial charge is 0.446 e. The molecule has 1 atom stereocenters. The van der Waals surface area contributed by atoms with E-state index in [-0.39, 0.29) is 6.10 Å². The van der Waals surface area contributed by atoms with Gasteiger partial charge >= 0.3 is 6.09 Å². The van der Waals surface area contributed by atoms with Crippen LogP contribution in [0, 0.1) is 5.92 Å². The van der Waals surface area contributed by atoms with Crippen LogP contribution in [-0.4, -0.2) is 12.2 Å². The van der Waals surface area contributed by atoms with Crippen LogP contribution in [0.3, 0.4) is 0 Å². The molecule has 0 unspecified atom stereocenters. The molecular weight excluding hydrogens is 118 g/mol. The molecule has 9 heavy (non-hydrogen) atoms. The van der Waals surface area contributed by atoms with Crippen LogP contribution >= 0.6 is 0 Å². The van der Waals surface area contributed by atoms with Crippen molar-refractivity contribution in [1.82, 2.24) is 0 Å². The molecule has 2 N–H and O–H groups in total. The monoisotopic (exact) mass is 129 g/mol. The minimum absolute atomic E-state index is 0.0301. The molecule has 52 valence electrons. The zero-order chi connectivity index (χ0) is 6.85. The molecule has 0 saturated heterocycles. The summed E-state index contributed by atoms with van der Waals surface area (Å²) in [5.41, 5.74) is 4.80. The lowest BCUT2D eigenvalue weighted by atomic mass is 10.3. The molecule has 1 saturated carbocycles. The van der Waals surface area contributed by atoms with Crippen molar-refractivity contribution in [2.45, 2.75) is 25.9 Å². The van der Waals surface area contributed by atoms with Gasteiger partial charge in [-0.15, -0.1) is 0 Å². The zero-order valence-electron chi connectivity index (χ0n) is 5.46. The van der Waals surface area contributed by atoms with Crippen molar-refractivity contribution in [1.29, 1.82) is 0 Å². The standard InChI is InChI=1S/C6H11NO2/c1-4(5-2-3-5)9-6(7)8/h4-5H,2-3H2,1H3,(H2,7,8)/t4-/m1/s1. The Morgan fingerprint density at radius 3 is 2.67 bits per heavy atom. The van der Waals surface area contributed by atoms with Gasteiger partial charge in [-0.05, 0) is 25.7 Å². The molecular formula is C6H11NO2. The van der Waals surface area contributed by atoms with E-state index in [1.807, 2.05) is 6.92 Å². The highest BCUT2D eigenvalue weighted by atomic mass is 16.6. The average Bonchev–Trinajstić information content (AvgIpc) is 2.40. The number of primary amides is 1. The van der Waals surface area contributed by atoms with E-state index < -0.39 is 6.09 Å². The Morgan fingerprint density at radius 2 is 2.33 bits per heavy atom. The van der Waals surface area contributed by atoms with Gasteiger partial charge in [0.2, 0.25) is 0 Å². The number of amides is 1. The van der Waals surface area contributed by atoms with E-state index in [4.69, 9.17) is 10.5 Å². The van der Waals surface area contributed by atoms with Crippen LogP contribution in [0.25, 0.3) is 0 Å². The summed E-state index contributed by atoms with van der Waals surface area (Å²) in [6, 6.07) is 0. The maximum absolute atomic E-state index is 10.1. The smallest absolute Gasteiger partial charge is 0.404 e. The predicted octanol–water partition coefficient (Wildman–Crippen LogP) is 0.880. The maximum atomic E-state index is 10.1. The third kappa shape index (κ3) is 1.91. The van der Waals surface area contributed by atoms with Gasteiger partial charge in [-0.1, -0.05) is 0 Å². The number of carbonyl (C=O) groups excluding carboxylic acids is 1. The first-order chi connectivity index (χ1) is 4.20. The Kier molecular flexibility index (Phi) is 1.60. The lowest BCUT2D eigenvalue weighted by molar-refractivity contribution is 0.104. The van der Waals surface area contributed by atoms with Gasteiger partial charge < -0.3 is 10.5 Å². The highest BCUT2D eigenvalue weighted by molar-refractivity contribution is 5.64. The van der Waals surface area contributed by atoms with Gasteiger partial charge in [0, 0.05) is 0 Å². The molecule has 3 nitrogen and oxygen atoms in total. The van der Waals surface area contributed by atoms with E-state index in [1.54, 1.807) is 0 Å². The summed E-state index contributed by atoms with van der Waals surface area (Å²) >= 11 is 0. The summed E-state index contributed by atoms with van der Waals surface area (Å²) in [7, 11) is 0. The molecule has 0 heterocycles. The second kappa shape index (κ2) is 2.25. The minimum Gasteiger partial charge on any atom is -0.446 e. The normalized spacial score (nSPS) is 21.0. The first-order valence-electron chi connectivity index (χ1n) is 3.16. The summed E-state index contributed by atoms with van der Waals surface area (Å²) in [5, 5.41) is 0. The van der Waals surface area contributed by atoms with Gasteiger partial charge in [0.1, 0.15) is 6.10 Å². The summed E-state index contributed by atoms with van der Waals surface area (Å²) in [6.07, 6.45) is 1.72. The van der Waals surface area contributed by atoms with Crippen LogP contribution in [0.4, 0.5) is 4.79 Å². The lowest BCUT2D eigenvalue weighted by Crippen LogP contribution is -2.21. The highest BCUT2D eigenvalue weighted by Gasteiger charge is 2.29. The van der Waals surface area contributed by atoms with Gasteiger partial charge in [-0.25, -0.2) is 4.79 Å². The molecule has 0 aliphatic heterocycles. The van der Waals surface area contributed by atoms with Crippen LogP contribution in [-0.2, 0) is 4.74 Å². The topological polar surface area (TPSA) is 52.3 Å². The van der Waals surface area contributed by atoms with Crippen molar-refractivity contribution in [3.63, 3.8) is 0 Å². The van der Waals surface area contributed by atoms with E-state index in [0.717, 1.165) is 0 Å². The zero-order valence-corrected chi connectivity index (χ0v) is 5.46. The molecule has 0 radical (unpaired) electrons. The van der Waals surface area contributed by atoms with E-state index in [2.05, 4.69) is 0 Å². The Balaban J connectivity index is 2.17. The molecule has 0 aromatic heterocycles. The van der Waals surface area contributed by atoms with Crippen molar-refractivity contribution >= 4 is 6.09 Å². The fraction of sp³-hybridized carbons (Fsp3) is 0.833. The second-order valence-electron chi connectivity index (χ2n) is 2.48. The van der Waals surface area contributed by atoms with Gasteiger partial charge in [-0.3, -0.25) is 0 Å².